The fourth-order valence-corrected chi connectivity index (χ4v) is 3.50. The fourth-order valence-electron chi connectivity index (χ4n) is 3.50. The molecule has 1 N–H and O–H groups in total. The summed E-state index contributed by atoms with van der Waals surface area (Å²) in [7, 11) is 4.17. The molecule has 1 saturated carbocycles. The number of nitrogens with zero attached hydrogens (tertiary/aromatic N) is 2. The zero-order chi connectivity index (χ0) is 14.9. The van der Waals surface area contributed by atoms with E-state index in [-0.39, 0.29) is 11.7 Å². The smallest absolute Gasteiger partial charge is 0.244 e. The van der Waals surface area contributed by atoms with Gasteiger partial charge < -0.3 is 9.80 Å². The van der Waals surface area contributed by atoms with Crippen molar-refractivity contribution in [1.82, 2.24) is 15.1 Å². The zero-order valence-electron chi connectivity index (χ0n) is 13.8. The molecule has 2 fully saturated rings. The first-order valence-electron chi connectivity index (χ1n) is 8.11. The van der Waals surface area contributed by atoms with E-state index >= 15 is 0 Å². The maximum Gasteiger partial charge on any atom is 0.244 e. The second-order valence-corrected chi connectivity index (χ2v) is 7.35. The Morgan fingerprint density at radius 1 is 1.30 bits per heavy atom. The van der Waals surface area contributed by atoms with Gasteiger partial charge in [0.25, 0.3) is 0 Å². The van der Waals surface area contributed by atoms with Gasteiger partial charge >= 0.3 is 0 Å². The zero-order valence-corrected chi connectivity index (χ0v) is 13.8. The highest BCUT2D eigenvalue weighted by molar-refractivity contribution is 5.89. The summed E-state index contributed by atoms with van der Waals surface area (Å²) in [5, 5.41) is 3.70. The first kappa shape index (κ1) is 15.8. The van der Waals surface area contributed by atoms with Crippen molar-refractivity contribution in [3.8, 4) is 0 Å². The first-order valence-corrected chi connectivity index (χ1v) is 8.11. The van der Waals surface area contributed by atoms with Crippen molar-refractivity contribution in [1.29, 1.82) is 0 Å². The minimum Gasteiger partial charge on any atom is -0.324 e. The monoisotopic (exact) mass is 281 g/mol. The third-order valence-corrected chi connectivity index (χ3v) is 4.98. The number of carbonyl (C=O) groups is 1. The van der Waals surface area contributed by atoms with E-state index < -0.39 is 0 Å². The molecular formula is C16H31N3O. The maximum absolute atomic E-state index is 12.9. The number of hydrogen-bond donors (Lipinski definition) is 1. The van der Waals surface area contributed by atoms with Crippen LogP contribution in [0.4, 0.5) is 0 Å². The van der Waals surface area contributed by atoms with Crippen LogP contribution in [0.25, 0.3) is 0 Å². The van der Waals surface area contributed by atoms with E-state index in [0.717, 1.165) is 25.8 Å². The first-order chi connectivity index (χ1) is 9.35. The molecule has 116 valence electrons. The Morgan fingerprint density at radius 3 is 2.40 bits per heavy atom. The van der Waals surface area contributed by atoms with Crippen LogP contribution in [-0.2, 0) is 4.79 Å². The van der Waals surface area contributed by atoms with Crippen molar-refractivity contribution in [2.75, 3.05) is 20.6 Å². The lowest BCUT2D eigenvalue weighted by atomic mass is 9.98. The number of nitrogens with one attached hydrogen (secondary N) is 1. The number of amides is 1. The van der Waals surface area contributed by atoms with Gasteiger partial charge in [-0.15, -0.1) is 0 Å². The van der Waals surface area contributed by atoms with Crippen molar-refractivity contribution in [2.45, 2.75) is 70.6 Å². The molecule has 1 aliphatic heterocycles. The van der Waals surface area contributed by atoms with Crippen LogP contribution in [0.15, 0.2) is 0 Å². The second kappa shape index (κ2) is 6.02. The Hall–Kier alpha value is -0.610. The lowest BCUT2D eigenvalue weighted by molar-refractivity contribution is -0.133. The van der Waals surface area contributed by atoms with Gasteiger partial charge in [0.2, 0.25) is 5.91 Å². The van der Waals surface area contributed by atoms with Crippen LogP contribution in [-0.4, -0.2) is 54.1 Å². The molecule has 0 aromatic heterocycles. The molecule has 2 unspecified atom stereocenters. The van der Waals surface area contributed by atoms with E-state index in [2.05, 4.69) is 50.0 Å². The summed E-state index contributed by atoms with van der Waals surface area (Å²) < 4.78 is 0. The van der Waals surface area contributed by atoms with Crippen LogP contribution in [0.2, 0.25) is 0 Å². The largest absolute Gasteiger partial charge is 0.324 e. The van der Waals surface area contributed by atoms with Crippen LogP contribution in [0.5, 0.6) is 0 Å². The Bertz CT molecular complexity index is 348. The van der Waals surface area contributed by atoms with E-state index in [1.54, 1.807) is 0 Å². The van der Waals surface area contributed by atoms with E-state index in [1.807, 2.05) is 0 Å². The molecule has 1 spiro atoms. The summed E-state index contributed by atoms with van der Waals surface area (Å²) in [5.74, 6) is 0.961. The van der Waals surface area contributed by atoms with Crippen molar-refractivity contribution < 1.29 is 4.79 Å². The summed E-state index contributed by atoms with van der Waals surface area (Å²) in [6, 6.07) is 0.395. The van der Waals surface area contributed by atoms with Gasteiger partial charge in [-0.05, 0) is 46.2 Å². The molecule has 0 radical (unpaired) electrons. The lowest BCUT2D eigenvalue weighted by Gasteiger charge is -2.30. The summed E-state index contributed by atoms with van der Waals surface area (Å²) in [6.45, 7) is 7.50. The molecule has 0 aromatic carbocycles. The van der Waals surface area contributed by atoms with Gasteiger partial charge in [0.05, 0.1) is 11.7 Å². The van der Waals surface area contributed by atoms with Crippen molar-refractivity contribution in [3.63, 3.8) is 0 Å². The maximum atomic E-state index is 12.9. The van der Waals surface area contributed by atoms with E-state index in [0.29, 0.717) is 17.9 Å². The molecule has 20 heavy (non-hydrogen) atoms. The molecule has 1 amide bonds. The van der Waals surface area contributed by atoms with Gasteiger partial charge in [-0.3, -0.25) is 10.1 Å². The molecule has 1 saturated heterocycles. The topological polar surface area (TPSA) is 35.6 Å². The predicted octanol–water partition coefficient (Wildman–Crippen LogP) is 2.05. The second-order valence-electron chi connectivity index (χ2n) is 7.35. The van der Waals surface area contributed by atoms with E-state index in [9.17, 15) is 4.79 Å². The van der Waals surface area contributed by atoms with Gasteiger partial charge in [-0.2, -0.15) is 0 Å². The molecule has 0 aromatic rings. The number of hydrogen-bond acceptors (Lipinski definition) is 3. The Balaban J connectivity index is 2.13. The molecule has 1 aliphatic carbocycles. The molecular weight excluding hydrogens is 250 g/mol. The fraction of sp³-hybridized carbons (Fsp3) is 0.938. The minimum absolute atomic E-state index is 0.225. The summed E-state index contributed by atoms with van der Waals surface area (Å²) in [4.78, 5) is 17.2. The molecule has 4 nitrogen and oxygen atoms in total. The highest BCUT2D eigenvalue weighted by atomic mass is 16.2. The van der Waals surface area contributed by atoms with Crippen LogP contribution >= 0.6 is 0 Å². The van der Waals surface area contributed by atoms with Crippen LogP contribution in [0, 0.1) is 5.92 Å². The normalized spacial score (nSPS) is 27.2. The van der Waals surface area contributed by atoms with E-state index in [1.165, 1.54) is 12.8 Å². The SMILES string of the molecule is CC(C)CC1NC2(CCCC2)C(=O)N1CC(C)N(C)C. The van der Waals surface area contributed by atoms with Crippen LogP contribution < -0.4 is 5.32 Å². The quantitative estimate of drug-likeness (QED) is 0.838. The predicted molar refractivity (Wildman–Crippen MR) is 82.4 cm³/mol. The van der Waals surface area contributed by atoms with Gasteiger partial charge in [0, 0.05) is 12.6 Å². The molecule has 4 heteroatoms. The summed E-state index contributed by atoms with van der Waals surface area (Å²) >= 11 is 0. The van der Waals surface area contributed by atoms with Gasteiger partial charge in [0.15, 0.2) is 0 Å². The number of rotatable bonds is 5. The van der Waals surface area contributed by atoms with Gasteiger partial charge in [-0.25, -0.2) is 0 Å². The standard InChI is InChI=1S/C16H31N3O/c1-12(2)10-14-17-16(8-6-7-9-16)15(20)19(14)11-13(3)18(4)5/h12-14,17H,6-11H2,1-5H3. The minimum atomic E-state index is -0.231. The molecule has 2 rings (SSSR count). The summed E-state index contributed by atoms with van der Waals surface area (Å²) in [6.07, 6.45) is 5.69. The average molecular weight is 281 g/mol. The number of likely N-dealkylation sites (N-methyl/N-ethyl adjacent to an activating group) is 1. The Kier molecular flexibility index (Phi) is 4.75. The van der Waals surface area contributed by atoms with Crippen molar-refractivity contribution in [2.24, 2.45) is 5.92 Å². The molecule has 2 atom stereocenters. The van der Waals surface area contributed by atoms with Crippen LogP contribution in [0.1, 0.15) is 52.9 Å². The lowest BCUT2D eigenvalue weighted by Crippen LogP contribution is -2.46. The Morgan fingerprint density at radius 2 is 1.90 bits per heavy atom. The summed E-state index contributed by atoms with van der Waals surface area (Å²) in [5.41, 5.74) is -0.231. The van der Waals surface area contributed by atoms with Crippen molar-refractivity contribution in [3.05, 3.63) is 0 Å². The van der Waals surface area contributed by atoms with Crippen LogP contribution in [0.3, 0.4) is 0 Å². The third-order valence-electron chi connectivity index (χ3n) is 4.98. The highest BCUT2D eigenvalue weighted by Gasteiger charge is 2.52. The average Bonchev–Trinajstić information content (AvgIpc) is 2.90. The van der Waals surface area contributed by atoms with E-state index in [4.69, 9.17) is 0 Å². The Labute approximate surface area is 123 Å². The molecule has 1 heterocycles. The molecule has 0 bridgehead atoms. The van der Waals surface area contributed by atoms with Gasteiger partial charge in [0.1, 0.15) is 0 Å². The molecule has 2 aliphatic rings. The van der Waals surface area contributed by atoms with Gasteiger partial charge in [-0.1, -0.05) is 26.7 Å². The van der Waals surface area contributed by atoms with Crippen molar-refractivity contribution >= 4 is 5.91 Å². The highest BCUT2D eigenvalue weighted by Crippen LogP contribution is 2.37. The number of carbonyl (C=O) groups excluding carboxylic acids is 1. The third kappa shape index (κ3) is 3.01.